The molecule has 0 fully saturated rings. The summed E-state index contributed by atoms with van der Waals surface area (Å²) in [5.41, 5.74) is 1.05. The monoisotopic (exact) mass is 357 g/mol. The third-order valence-corrected chi connectivity index (χ3v) is 4.39. The maximum absolute atomic E-state index is 13.0. The fourth-order valence-electron chi connectivity index (χ4n) is 1.86. The Bertz CT molecular complexity index is 868. The molecule has 2 aromatic rings. The Balaban J connectivity index is 2.21. The fourth-order valence-corrected chi connectivity index (χ4v) is 2.62. The molecule has 2 rings (SSSR count). The lowest BCUT2D eigenvalue weighted by Crippen LogP contribution is -2.14. The van der Waals surface area contributed by atoms with Crippen LogP contribution in [0.4, 0.5) is 4.39 Å². The van der Waals surface area contributed by atoms with E-state index in [1.165, 1.54) is 24.3 Å². The van der Waals surface area contributed by atoms with Gasteiger partial charge in [0, 0.05) is 5.56 Å². The predicted octanol–water partition coefficient (Wildman–Crippen LogP) is 2.79. The van der Waals surface area contributed by atoms with Crippen LogP contribution in [-0.2, 0) is 21.4 Å². The number of aryl methyl sites for hydroxylation is 1. The Kier molecular flexibility index (Phi) is 5.03. The minimum atomic E-state index is -3.92. The average Bonchev–Trinajstić information content (AvgIpc) is 2.45. The third kappa shape index (κ3) is 4.28. The Morgan fingerprint density at radius 3 is 2.57 bits per heavy atom. The molecule has 0 heterocycles. The van der Waals surface area contributed by atoms with Gasteiger partial charge >= 0.3 is 5.97 Å². The van der Waals surface area contributed by atoms with Gasteiger partial charge in [0.05, 0.1) is 15.5 Å². The van der Waals surface area contributed by atoms with Crippen molar-refractivity contribution in [1.82, 2.24) is 0 Å². The van der Waals surface area contributed by atoms with Gasteiger partial charge < -0.3 is 4.74 Å². The number of rotatable bonds is 4. The summed E-state index contributed by atoms with van der Waals surface area (Å²) in [4.78, 5) is 11.9. The molecule has 0 unspecified atom stereocenters. The maximum atomic E-state index is 13.0. The molecule has 5 nitrogen and oxygen atoms in total. The Labute approximate surface area is 137 Å². The lowest BCUT2D eigenvalue weighted by molar-refractivity contribution is 0.0471. The van der Waals surface area contributed by atoms with Crippen LogP contribution in [0.5, 0.6) is 0 Å². The van der Waals surface area contributed by atoms with Crippen molar-refractivity contribution in [3.05, 3.63) is 63.9 Å². The van der Waals surface area contributed by atoms with Crippen molar-refractivity contribution >= 4 is 27.6 Å². The van der Waals surface area contributed by atoms with Crippen molar-refractivity contribution in [3.8, 4) is 0 Å². The predicted molar refractivity (Wildman–Crippen MR) is 83.1 cm³/mol. The molecular weight excluding hydrogens is 345 g/mol. The van der Waals surface area contributed by atoms with E-state index in [2.05, 4.69) is 0 Å². The number of nitrogens with two attached hydrogens (primary N) is 1. The lowest BCUT2D eigenvalue weighted by Gasteiger charge is -2.09. The smallest absolute Gasteiger partial charge is 0.338 e. The number of esters is 1. The standard InChI is InChI=1S/C15H13ClFNO4S/c1-9-2-5-12(23(18,20)21)7-13(9)15(19)22-8-10-3-4-11(17)6-14(10)16/h2-7H,8H2,1H3,(H2,18,20,21). The molecule has 0 spiro atoms. The van der Waals surface area contributed by atoms with Gasteiger partial charge in [-0.05, 0) is 36.8 Å². The highest BCUT2D eigenvalue weighted by molar-refractivity contribution is 7.89. The van der Waals surface area contributed by atoms with E-state index >= 15 is 0 Å². The van der Waals surface area contributed by atoms with E-state index in [9.17, 15) is 17.6 Å². The quantitative estimate of drug-likeness (QED) is 0.852. The van der Waals surface area contributed by atoms with Crippen molar-refractivity contribution in [2.45, 2.75) is 18.4 Å². The van der Waals surface area contributed by atoms with Crippen LogP contribution in [0.1, 0.15) is 21.5 Å². The largest absolute Gasteiger partial charge is 0.457 e. The van der Waals surface area contributed by atoms with E-state index in [0.29, 0.717) is 11.1 Å². The zero-order valence-electron chi connectivity index (χ0n) is 12.0. The number of carbonyl (C=O) groups is 1. The van der Waals surface area contributed by atoms with Gasteiger partial charge in [0.2, 0.25) is 10.0 Å². The summed E-state index contributed by atoms with van der Waals surface area (Å²) in [5, 5.41) is 5.17. The van der Waals surface area contributed by atoms with Crippen molar-refractivity contribution in [1.29, 1.82) is 0 Å². The molecule has 0 saturated heterocycles. The Hall–Kier alpha value is -1.96. The second-order valence-corrected chi connectivity index (χ2v) is 6.80. The number of sulfonamides is 1. The second kappa shape index (κ2) is 6.66. The fraction of sp³-hybridized carbons (Fsp3) is 0.133. The summed E-state index contributed by atoms with van der Waals surface area (Å²) in [5.74, 6) is -1.23. The average molecular weight is 358 g/mol. The first-order chi connectivity index (χ1) is 10.7. The normalized spacial score (nSPS) is 11.3. The summed E-state index contributed by atoms with van der Waals surface area (Å²) in [6.45, 7) is 1.46. The van der Waals surface area contributed by atoms with E-state index in [1.54, 1.807) is 6.92 Å². The lowest BCUT2D eigenvalue weighted by atomic mass is 10.1. The van der Waals surface area contributed by atoms with Gasteiger partial charge in [0.15, 0.2) is 0 Å². The van der Waals surface area contributed by atoms with Gasteiger partial charge in [-0.1, -0.05) is 23.7 Å². The highest BCUT2D eigenvalue weighted by Gasteiger charge is 2.16. The van der Waals surface area contributed by atoms with E-state index < -0.39 is 21.8 Å². The third-order valence-electron chi connectivity index (χ3n) is 3.13. The van der Waals surface area contributed by atoms with Crippen LogP contribution >= 0.6 is 11.6 Å². The summed E-state index contributed by atoms with van der Waals surface area (Å²) in [6, 6.07) is 7.62. The summed E-state index contributed by atoms with van der Waals surface area (Å²) < 4.78 is 40.8. The Morgan fingerprint density at radius 2 is 1.96 bits per heavy atom. The molecule has 0 amide bonds. The van der Waals surface area contributed by atoms with Gasteiger partial charge in [-0.2, -0.15) is 0 Å². The van der Waals surface area contributed by atoms with E-state index in [-0.39, 0.29) is 22.1 Å². The van der Waals surface area contributed by atoms with Crippen LogP contribution in [0.25, 0.3) is 0 Å². The molecule has 8 heteroatoms. The highest BCUT2D eigenvalue weighted by atomic mass is 35.5. The van der Waals surface area contributed by atoms with E-state index in [0.717, 1.165) is 12.1 Å². The highest BCUT2D eigenvalue weighted by Crippen LogP contribution is 2.20. The summed E-state index contributed by atoms with van der Waals surface area (Å²) in [6.07, 6.45) is 0. The molecule has 0 atom stereocenters. The number of hydrogen-bond donors (Lipinski definition) is 1. The molecule has 0 aromatic heterocycles. The molecule has 0 aliphatic rings. The molecule has 0 aliphatic carbocycles. The van der Waals surface area contributed by atoms with Crippen LogP contribution in [0.3, 0.4) is 0 Å². The second-order valence-electron chi connectivity index (χ2n) is 4.83. The first kappa shape index (κ1) is 17.4. The molecular formula is C15H13ClFNO4S. The van der Waals surface area contributed by atoms with E-state index in [1.807, 2.05) is 0 Å². The molecule has 0 radical (unpaired) electrons. The van der Waals surface area contributed by atoms with Crippen LogP contribution < -0.4 is 5.14 Å². The zero-order valence-corrected chi connectivity index (χ0v) is 13.6. The number of halogens is 2. The summed E-state index contributed by atoms with van der Waals surface area (Å²) in [7, 11) is -3.92. The van der Waals surface area contributed by atoms with E-state index in [4.69, 9.17) is 21.5 Å². The van der Waals surface area contributed by atoms with Gasteiger partial charge in [-0.3, -0.25) is 0 Å². The van der Waals surface area contributed by atoms with Crippen LogP contribution in [0.2, 0.25) is 5.02 Å². The van der Waals surface area contributed by atoms with Crippen LogP contribution in [0, 0.1) is 12.7 Å². The SMILES string of the molecule is Cc1ccc(S(N)(=O)=O)cc1C(=O)OCc1ccc(F)cc1Cl. The first-order valence-corrected chi connectivity index (χ1v) is 8.35. The molecule has 122 valence electrons. The molecule has 2 N–H and O–H groups in total. The van der Waals surface area contributed by atoms with Crippen LogP contribution in [0.15, 0.2) is 41.3 Å². The molecule has 0 bridgehead atoms. The number of carbonyl (C=O) groups excluding carboxylic acids is 1. The van der Waals surface area contributed by atoms with Crippen molar-refractivity contribution in [3.63, 3.8) is 0 Å². The minimum Gasteiger partial charge on any atom is -0.457 e. The van der Waals surface area contributed by atoms with Gasteiger partial charge in [-0.25, -0.2) is 22.7 Å². The molecule has 0 saturated carbocycles. The van der Waals surface area contributed by atoms with Crippen molar-refractivity contribution in [2.24, 2.45) is 5.14 Å². The number of hydrogen-bond acceptors (Lipinski definition) is 4. The molecule has 23 heavy (non-hydrogen) atoms. The summed E-state index contributed by atoms with van der Waals surface area (Å²) >= 11 is 5.85. The van der Waals surface area contributed by atoms with Crippen molar-refractivity contribution in [2.75, 3.05) is 0 Å². The minimum absolute atomic E-state index is 0.0785. The van der Waals surface area contributed by atoms with Gasteiger partial charge in [0.1, 0.15) is 12.4 Å². The maximum Gasteiger partial charge on any atom is 0.338 e. The van der Waals surface area contributed by atoms with Gasteiger partial charge in [-0.15, -0.1) is 0 Å². The van der Waals surface area contributed by atoms with Crippen LogP contribution in [-0.4, -0.2) is 14.4 Å². The number of benzene rings is 2. The topological polar surface area (TPSA) is 86.5 Å². The molecule has 0 aliphatic heterocycles. The first-order valence-electron chi connectivity index (χ1n) is 6.43. The van der Waals surface area contributed by atoms with Crippen molar-refractivity contribution < 1.29 is 22.3 Å². The zero-order chi connectivity index (χ0) is 17.2. The Morgan fingerprint density at radius 1 is 1.26 bits per heavy atom. The van der Waals surface area contributed by atoms with Gasteiger partial charge in [0.25, 0.3) is 0 Å². The number of primary sulfonamides is 1. The molecule has 2 aromatic carbocycles. The number of ether oxygens (including phenoxy) is 1.